The van der Waals surface area contributed by atoms with Crippen LogP contribution in [-0.2, 0) is 24.9 Å². The first-order valence-electron chi connectivity index (χ1n) is 13.2. The van der Waals surface area contributed by atoms with Crippen LogP contribution in [0.3, 0.4) is 0 Å². The van der Waals surface area contributed by atoms with Gasteiger partial charge in [-0.15, -0.1) is 29.8 Å². The molecule has 0 atom stereocenters. The van der Waals surface area contributed by atoms with Gasteiger partial charge in [0.05, 0.1) is 17.1 Å². The Bertz CT molecular complexity index is 1770. The van der Waals surface area contributed by atoms with E-state index in [4.69, 9.17) is 15.1 Å². The summed E-state index contributed by atoms with van der Waals surface area (Å²) < 4.78 is 0. The first-order chi connectivity index (χ1) is 20.0. The molecule has 6 aromatic rings. The SMILES string of the molecule is CC(=O)C=C(C)O.[Ir].[c-]1ccc(-c2nc(-c3ccccc3)cc(-c3ccccc3)n2)cc1-c1nccc2ccccc12. The van der Waals surface area contributed by atoms with E-state index in [2.05, 4.69) is 59.6 Å². The van der Waals surface area contributed by atoms with Gasteiger partial charge < -0.3 is 10.1 Å². The summed E-state index contributed by atoms with van der Waals surface area (Å²) in [4.78, 5) is 24.6. The van der Waals surface area contributed by atoms with Crippen LogP contribution >= 0.6 is 0 Å². The fourth-order valence-electron chi connectivity index (χ4n) is 4.46. The van der Waals surface area contributed by atoms with Gasteiger partial charge in [-0.1, -0.05) is 90.5 Å². The van der Waals surface area contributed by atoms with Crippen LogP contribution in [0.1, 0.15) is 13.8 Å². The molecule has 1 N–H and O–H groups in total. The molecule has 0 saturated heterocycles. The average molecular weight is 727 g/mol. The Balaban J connectivity index is 0.000000454. The Hall–Kier alpha value is -4.77. The van der Waals surface area contributed by atoms with Crippen molar-refractivity contribution in [1.29, 1.82) is 0 Å². The Morgan fingerprint density at radius 2 is 1.33 bits per heavy atom. The number of hydrogen-bond donors (Lipinski definition) is 1. The van der Waals surface area contributed by atoms with Gasteiger partial charge in [0.25, 0.3) is 0 Å². The number of aliphatic hydroxyl groups is 1. The van der Waals surface area contributed by atoms with Crippen LogP contribution in [0.15, 0.2) is 133 Å². The summed E-state index contributed by atoms with van der Waals surface area (Å²) >= 11 is 0. The molecule has 2 heterocycles. The number of aliphatic hydroxyl groups excluding tert-OH is 1. The van der Waals surface area contributed by atoms with Crippen LogP contribution in [0, 0.1) is 6.07 Å². The van der Waals surface area contributed by atoms with Gasteiger partial charge in [-0.3, -0.25) is 4.79 Å². The van der Waals surface area contributed by atoms with Crippen molar-refractivity contribution in [3.05, 3.63) is 139 Å². The summed E-state index contributed by atoms with van der Waals surface area (Å²) in [6.45, 7) is 2.85. The van der Waals surface area contributed by atoms with E-state index in [0.29, 0.717) is 5.82 Å². The molecule has 0 unspecified atom stereocenters. The van der Waals surface area contributed by atoms with Gasteiger partial charge in [0.15, 0.2) is 5.78 Å². The Kier molecular flexibility index (Phi) is 10.2. The van der Waals surface area contributed by atoms with Crippen molar-refractivity contribution in [1.82, 2.24) is 15.0 Å². The maximum Gasteiger partial charge on any atom is 0.155 e. The van der Waals surface area contributed by atoms with Crippen LogP contribution in [0.5, 0.6) is 0 Å². The zero-order chi connectivity index (χ0) is 28.6. The number of fused-ring (bicyclic) bond motifs is 1. The van der Waals surface area contributed by atoms with Gasteiger partial charge in [0, 0.05) is 43.5 Å². The van der Waals surface area contributed by atoms with Crippen LogP contribution in [0.2, 0.25) is 0 Å². The third-order valence-corrected chi connectivity index (χ3v) is 6.27. The van der Waals surface area contributed by atoms with Crippen molar-refractivity contribution >= 4 is 16.6 Å². The van der Waals surface area contributed by atoms with Crippen molar-refractivity contribution in [2.45, 2.75) is 13.8 Å². The van der Waals surface area contributed by atoms with E-state index < -0.39 is 0 Å². The smallest absolute Gasteiger partial charge is 0.155 e. The normalized spacial score (nSPS) is 10.8. The Labute approximate surface area is 259 Å². The molecule has 0 spiro atoms. The summed E-state index contributed by atoms with van der Waals surface area (Å²) in [5.74, 6) is 0.614. The minimum absolute atomic E-state index is 0. The van der Waals surface area contributed by atoms with Crippen molar-refractivity contribution in [2.75, 3.05) is 0 Å². The minimum Gasteiger partial charge on any atom is -0.512 e. The number of pyridine rings is 1. The largest absolute Gasteiger partial charge is 0.512 e. The second-order valence-electron chi connectivity index (χ2n) is 9.46. The van der Waals surface area contributed by atoms with E-state index in [1.165, 1.54) is 19.9 Å². The maximum absolute atomic E-state index is 10.0. The number of aromatic nitrogens is 3. The maximum atomic E-state index is 10.0. The molecule has 4 aromatic carbocycles. The fraction of sp³-hybridized carbons (Fsp3) is 0.0556. The first-order valence-corrected chi connectivity index (χ1v) is 13.2. The molecule has 2 aromatic heterocycles. The van der Waals surface area contributed by atoms with Crippen molar-refractivity contribution in [2.24, 2.45) is 0 Å². The molecule has 5 nitrogen and oxygen atoms in total. The molecule has 0 bridgehead atoms. The number of carbonyl (C=O) groups is 1. The summed E-state index contributed by atoms with van der Waals surface area (Å²) in [6.07, 6.45) is 3.01. The van der Waals surface area contributed by atoms with Crippen LogP contribution < -0.4 is 0 Å². The van der Waals surface area contributed by atoms with Gasteiger partial charge in [-0.25, -0.2) is 9.97 Å². The second kappa shape index (κ2) is 14.2. The molecule has 0 amide bonds. The predicted octanol–water partition coefficient (Wildman–Crippen LogP) is 8.53. The number of nitrogens with zero attached hydrogens (tertiary/aromatic N) is 3. The molecule has 6 rings (SSSR count). The number of ketones is 1. The van der Waals surface area contributed by atoms with Crippen molar-refractivity contribution in [3.63, 3.8) is 0 Å². The van der Waals surface area contributed by atoms with E-state index in [1.54, 1.807) is 0 Å². The monoisotopic (exact) mass is 727 g/mol. The van der Waals surface area contributed by atoms with Gasteiger partial charge >= 0.3 is 0 Å². The van der Waals surface area contributed by atoms with E-state index >= 15 is 0 Å². The molecule has 0 fully saturated rings. The molecule has 0 aliphatic carbocycles. The van der Waals surface area contributed by atoms with E-state index in [9.17, 15) is 4.79 Å². The molecule has 0 aliphatic heterocycles. The van der Waals surface area contributed by atoms with Gasteiger partial charge in [-0.05, 0) is 42.4 Å². The molecule has 1 radical (unpaired) electrons. The molecule has 0 aliphatic rings. The molecule has 42 heavy (non-hydrogen) atoms. The Morgan fingerprint density at radius 3 is 1.90 bits per heavy atom. The Morgan fingerprint density at radius 1 is 0.738 bits per heavy atom. The van der Waals surface area contributed by atoms with Gasteiger partial charge in [-0.2, -0.15) is 0 Å². The van der Waals surface area contributed by atoms with Crippen LogP contribution in [0.4, 0.5) is 0 Å². The standard InChI is InChI=1S/C31H20N3.C5H8O2.Ir/c1-3-11-23(12-4-1)28-21-29(24-13-5-2-6-14-24)34-31(33-28)26-16-9-15-25(20-26)30-27-17-8-7-10-22(27)18-19-32-30;1-4(6)3-5(2)7;/h1-14,16-21H;3,6H,1-2H3;/q-1;;. The minimum atomic E-state index is -0.125. The van der Waals surface area contributed by atoms with E-state index in [-0.39, 0.29) is 31.6 Å². The molecule has 0 saturated carbocycles. The van der Waals surface area contributed by atoms with E-state index in [0.717, 1.165) is 50.1 Å². The molecular formula is C36H28IrN3O2-. The topological polar surface area (TPSA) is 76.0 Å². The third-order valence-electron chi connectivity index (χ3n) is 6.27. The molecule has 209 valence electrons. The number of hydrogen-bond acceptors (Lipinski definition) is 5. The number of rotatable bonds is 5. The summed E-state index contributed by atoms with van der Waals surface area (Å²) in [6, 6.07) is 42.2. The summed E-state index contributed by atoms with van der Waals surface area (Å²) in [7, 11) is 0. The number of allylic oxidation sites excluding steroid dienone is 2. The van der Waals surface area contributed by atoms with E-state index in [1.807, 2.05) is 72.9 Å². The summed E-state index contributed by atoms with van der Waals surface area (Å²) in [5, 5.41) is 10.6. The average Bonchev–Trinajstić information content (AvgIpc) is 3.01. The molecular weight excluding hydrogens is 699 g/mol. The first kappa shape index (κ1) is 30.2. The van der Waals surface area contributed by atoms with Crippen molar-refractivity contribution < 1.29 is 30.0 Å². The van der Waals surface area contributed by atoms with Crippen LogP contribution in [-0.4, -0.2) is 25.8 Å². The fourth-order valence-corrected chi connectivity index (χ4v) is 4.46. The third kappa shape index (κ3) is 7.49. The zero-order valence-corrected chi connectivity index (χ0v) is 25.5. The van der Waals surface area contributed by atoms with Crippen LogP contribution in [0.25, 0.3) is 55.9 Å². The van der Waals surface area contributed by atoms with Crippen molar-refractivity contribution in [3.8, 4) is 45.2 Å². The van der Waals surface area contributed by atoms with Gasteiger partial charge in [0.2, 0.25) is 0 Å². The molecule has 6 heteroatoms. The predicted molar refractivity (Wildman–Crippen MR) is 165 cm³/mol. The van der Waals surface area contributed by atoms with Gasteiger partial charge in [0.1, 0.15) is 5.82 Å². The quantitative estimate of drug-likeness (QED) is 0.110. The summed E-state index contributed by atoms with van der Waals surface area (Å²) in [5.41, 5.74) is 6.65. The second-order valence-corrected chi connectivity index (χ2v) is 9.46. The zero-order valence-electron chi connectivity index (χ0n) is 23.2. The number of benzene rings is 4. The number of carbonyl (C=O) groups excluding carboxylic acids is 1.